The van der Waals surface area contributed by atoms with Crippen molar-refractivity contribution in [2.45, 2.75) is 31.7 Å². The molecular formula is C12H18N4O3. The molecule has 0 bridgehead atoms. The SMILES string of the molecule is Cn1ccc(NC(=O)NC2CCCCC2C(=O)O)n1. The van der Waals surface area contributed by atoms with Crippen LogP contribution in [0.1, 0.15) is 25.7 Å². The van der Waals surface area contributed by atoms with E-state index in [9.17, 15) is 9.59 Å². The second-order valence-electron chi connectivity index (χ2n) is 4.81. The molecule has 0 aliphatic heterocycles. The molecule has 1 aromatic heterocycles. The van der Waals surface area contributed by atoms with Crippen LogP contribution < -0.4 is 10.6 Å². The number of anilines is 1. The molecule has 7 nitrogen and oxygen atoms in total. The Hall–Kier alpha value is -2.05. The van der Waals surface area contributed by atoms with Gasteiger partial charge >= 0.3 is 12.0 Å². The number of hydrogen-bond acceptors (Lipinski definition) is 3. The molecule has 0 aromatic carbocycles. The van der Waals surface area contributed by atoms with Gasteiger partial charge in [0, 0.05) is 25.4 Å². The van der Waals surface area contributed by atoms with Gasteiger partial charge in [-0.3, -0.25) is 14.8 Å². The molecule has 19 heavy (non-hydrogen) atoms. The number of carboxylic acid groups (broad SMARTS) is 1. The number of carbonyl (C=O) groups is 2. The summed E-state index contributed by atoms with van der Waals surface area (Å²) in [4.78, 5) is 22.9. The topological polar surface area (TPSA) is 96.2 Å². The van der Waals surface area contributed by atoms with Crippen molar-refractivity contribution in [3.8, 4) is 0 Å². The number of amides is 2. The number of rotatable bonds is 3. The van der Waals surface area contributed by atoms with E-state index in [2.05, 4.69) is 15.7 Å². The van der Waals surface area contributed by atoms with E-state index in [1.807, 2.05) is 0 Å². The van der Waals surface area contributed by atoms with E-state index in [1.165, 1.54) is 0 Å². The smallest absolute Gasteiger partial charge is 0.320 e. The Bertz CT molecular complexity index is 471. The molecule has 7 heteroatoms. The number of nitrogens with one attached hydrogen (secondary N) is 2. The van der Waals surface area contributed by atoms with Crippen LogP contribution in [0.3, 0.4) is 0 Å². The van der Waals surface area contributed by atoms with E-state index in [4.69, 9.17) is 5.11 Å². The van der Waals surface area contributed by atoms with Gasteiger partial charge in [-0.2, -0.15) is 5.10 Å². The van der Waals surface area contributed by atoms with E-state index in [0.717, 1.165) is 12.8 Å². The summed E-state index contributed by atoms with van der Waals surface area (Å²) in [5.41, 5.74) is 0. The van der Waals surface area contributed by atoms with Gasteiger partial charge in [0.2, 0.25) is 0 Å². The standard InChI is InChI=1S/C12H18N4O3/c1-16-7-6-10(15-16)14-12(19)13-9-5-3-2-4-8(9)11(17)18/h6-9H,2-5H2,1H3,(H,17,18)(H2,13,14,15,19). The Morgan fingerprint density at radius 2 is 2.16 bits per heavy atom. The van der Waals surface area contributed by atoms with Crippen LogP contribution in [-0.4, -0.2) is 32.9 Å². The van der Waals surface area contributed by atoms with E-state index in [0.29, 0.717) is 18.7 Å². The molecule has 0 saturated heterocycles. The number of carbonyl (C=O) groups excluding carboxylic acids is 1. The first-order chi connectivity index (χ1) is 9.06. The molecule has 2 amide bonds. The van der Waals surface area contributed by atoms with Crippen molar-refractivity contribution < 1.29 is 14.7 Å². The molecule has 1 aliphatic carbocycles. The molecule has 2 rings (SSSR count). The molecule has 2 unspecified atom stereocenters. The van der Waals surface area contributed by atoms with Gasteiger partial charge < -0.3 is 10.4 Å². The fourth-order valence-corrected chi connectivity index (χ4v) is 2.40. The van der Waals surface area contributed by atoms with Crippen LogP contribution in [0.4, 0.5) is 10.6 Å². The van der Waals surface area contributed by atoms with Gasteiger partial charge in [0.1, 0.15) is 0 Å². The Morgan fingerprint density at radius 3 is 2.79 bits per heavy atom. The summed E-state index contributed by atoms with van der Waals surface area (Å²) in [7, 11) is 1.75. The Balaban J connectivity index is 1.91. The summed E-state index contributed by atoms with van der Waals surface area (Å²) in [6.45, 7) is 0. The zero-order valence-corrected chi connectivity index (χ0v) is 10.8. The van der Waals surface area contributed by atoms with Gasteiger partial charge in [0.15, 0.2) is 5.82 Å². The summed E-state index contributed by atoms with van der Waals surface area (Å²) in [5.74, 6) is -0.895. The van der Waals surface area contributed by atoms with Gasteiger partial charge in [-0.1, -0.05) is 12.8 Å². The van der Waals surface area contributed by atoms with Crippen LogP contribution in [0, 0.1) is 5.92 Å². The lowest BCUT2D eigenvalue weighted by Crippen LogP contribution is -2.46. The highest BCUT2D eigenvalue weighted by molar-refractivity contribution is 5.88. The number of nitrogens with zero attached hydrogens (tertiary/aromatic N) is 2. The second kappa shape index (κ2) is 5.73. The number of aliphatic carboxylic acids is 1. The monoisotopic (exact) mass is 266 g/mol. The fraction of sp³-hybridized carbons (Fsp3) is 0.583. The average molecular weight is 266 g/mol. The largest absolute Gasteiger partial charge is 0.481 e. The molecular weight excluding hydrogens is 248 g/mol. The summed E-state index contributed by atoms with van der Waals surface area (Å²) in [6.07, 6.45) is 4.88. The van der Waals surface area contributed by atoms with Gasteiger partial charge in [0.05, 0.1) is 5.92 Å². The van der Waals surface area contributed by atoms with Gasteiger partial charge in [0.25, 0.3) is 0 Å². The molecule has 1 aromatic rings. The minimum atomic E-state index is -0.845. The van der Waals surface area contributed by atoms with Crippen molar-refractivity contribution in [2.75, 3.05) is 5.32 Å². The number of hydrogen-bond donors (Lipinski definition) is 3. The first kappa shape index (κ1) is 13.4. The first-order valence-corrected chi connectivity index (χ1v) is 6.36. The molecule has 104 valence electrons. The average Bonchev–Trinajstić information content (AvgIpc) is 2.75. The third-order valence-electron chi connectivity index (χ3n) is 3.35. The Morgan fingerprint density at radius 1 is 1.42 bits per heavy atom. The third-order valence-corrected chi connectivity index (χ3v) is 3.35. The predicted molar refractivity (Wildman–Crippen MR) is 68.7 cm³/mol. The van der Waals surface area contributed by atoms with E-state index in [-0.39, 0.29) is 6.04 Å². The highest BCUT2D eigenvalue weighted by atomic mass is 16.4. The van der Waals surface area contributed by atoms with Gasteiger partial charge in [-0.15, -0.1) is 0 Å². The number of aromatic nitrogens is 2. The number of urea groups is 1. The summed E-state index contributed by atoms with van der Waals surface area (Å²) < 4.78 is 1.58. The van der Waals surface area contributed by atoms with Crippen molar-refractivity contribution in [1.82, 2.24) is 15.1 Å². The summed E-state index contributed by atoms with van der Waals surface area (Å²) in [6, 6.07) is 0.960. The molecule has 0 radical (unpaired) electrons. The maximum Gasteiger partial charge on any atom is 0.320 e. The van der Waals surface area contributed by atoms with Crippen molar-refractivity contribution >= 4 is 17.8 Å². The van der Waals surface area contributed by atoms with Crippen LogP contribution in [0.2, 0.25) is 0 Å². The van der Waals surface area contributed by atoms with Crippen molar-refractivity contribution in [2.24, 2.45) is 13.0 Å². The van der Waals surface area contributed by atoms with Gasteiger partial charge in [-0.05, 0) is 12.8 Å². The lowest BCUT2D eigenvalue weighted by atomic mass is 9.84. The molecule has 1 aliphatic rings. The van der Waals surface area contributed by atoms with Gasteiger partial charge in [-0.25, -0.2) is 4.79 Å². The molecule has 1 fully saturated rings. The van der Waals surface area contributed by atoms with Crippen LogP contribution >= 0.6 is 0 Å². The maximum absolute atomic E-state index is 11.8. The molecule has 2 atom stereocenters. The van der Waals surface area contributed by atoms with E-state index < -0.39 is 17.9 Å². The van der Waals surface area contributed by atoms with Crippen LogP contribution in [0.25, 0.3) is 0 Å². The van der Waals surface area contributed by atoms with Crippen molar-refractivity contribution in [3.63, 3.8) is 0 Å². The van der Waals surface area contributed by atoms with Crippen LogP contribution in [0.5, 0.6) is 0 Å². The minimum Gasteiger partial charge on any atom is -0.481 e. The lowest BCUT2D eigenvalue weighted by molar-refractivity contribution is -0.143. The quantitative estimate of drug-likeness (QED) is 0.765. The number of aryl methyl sites for hydroxylation is 1. The highest BCUT2D eigenvalue weighted by Gasteiger charge is 2.31. The maximum atomic E-state index is 11.8. The van der Waals surface area contributed by atoms with Crippen molar-refractivity contribution in [3.05, 3.63) is 12.3 Å². The van der Waals surface area contributed by atoms with E-state index in [1.54, 1.807) is 24.0 Å². The summed E-state index contributed by atoms with van der Waals surface area (Å²) >= 11 is 0. The minimum absolute atomic E-state index is 0.310. The highest BCUT2D eigenvalue weighted by Crippen LogP contribution is 2.24. The third kappa shape index (κ3) is 3.46. The molecule has 1 heterocycles. The lowest BCUT2D eigenvalue weighted by Gasteiger charge is -2.29. The van der Waals surface area contributed by atoms with Crippen molar-refractivity contribution in [1.29, 1.82) is 0 Å². The van der Waals surface area contributed by atoms with Crippen LogP contribution in [-0.2, 0) is 11.8 Å². The second-order valence-corrected chi connectivity index (χ2v) is 4.81. The Kier molecular flexibility index (Phi) is 4.03. The first-order valence-electron chi connectivity index (χ1n) is 6.36. The number of carboxylic acids is 1. The fourth-order valence-electron chi connectivity index (χ4n) is 2.40. The molecule has 3 N–H and O–H groups in total. The van der Waals surface area contributed by atoms with Crippen LogP contribution in [0.15, 0.2) is 12.3 Å². The zero-order chi connectivity index (χ0) is 13.8. The predicted octanol–water partition coefficient (Wildman–Crippen LogP) is 1.18. The van der Waals surface area contributed by atoms with E-state index >= 15 is 0 Å². The molecule has 0 spiro atoms. The molecule has 1 saturated carbocycles. The summed E-state index contributed by atoms with van der Waals surface area (Å²) in [5, 5.41) is 18.5. The zero-order valence-electron chi connectivity index (χ0n) is 10.8. The normalized spacial score (nSPS) is 22.8. The Labute approximate surface area is 111 Å².